The standard InChI is InChI=1S/C20H27BrN2O3/c1-3-4-9-26-12-13-5-7-14(8-6-13)19-22-17-10-15(20(24)25-2)16(21)11-18(17)23-19/h10-11,13-14H,3-9,12H2,1-2H3,(H,22,23). The molecule has 0 saturated heterocycles. The molecule has 5 nitrogen and oxygen atoms in total. The molecule has 0 radical (unpaired) electrons. The molecule has 0 aliphatic heterocycles. The van der Waals surface area contributed by atoms with Crippen molar-refractivity contribution < 1.29 is 14.3 Å². The Kier molecular flexibility index (Phi) is 6.70. The number of hydrogen-bond donors (Lipinski definition) is 1. The largest absolute Gasteiger partial charge is 0.465 e. The van der Waals surface area contributed by atoms with Crippen LogP contribution in [0.25, 0.3) is 11.0 Å². The zero-order valence-electron chi connectivity index (χ0n) is 15.5. The number of unbranched alkanes of at least 4 members (excludes halogenated alkanes) is 1. The van der Waals surface area contributed by atoms with E-state index in [4.69, 9.17) is 14.5 Å². The maximum absolute atomic E-state index is 11.8. The van der Waals surface area contributed by atoms with Gasteiger partial charge < -0.3 is 14.5 Å². The summed E-state index contributed by atoms with van der Waals surface area (Å²) in [5, 5.41) is 0. The number of esters is 1. The van der Waals surface area contributed by atoms with Crippen LogP contribution >= 0.6 is 15.9 Å². The molecule has 1 aromatic heterocycles. The molecule has 1 heterocycles. The minimum atomic E-state index is -0.355. The molecule has 2 aromatic rings. The number of rotatable bonds is 7. The molecule has 1 aromatic carbocycles. The normalized spacial score (nSPS) is 20.4. The monoisotopic (exact) mass is 422 g/mol. The molecule has 1 N–H and O–H groups in total. The second-order valence-corrected chi connectivity index (χ2v) is 7.96. The van der Waals surface area contributed by atoms with E-state index in [2.05, 4.69) is 27.8 Å². The molecule has 3 rings (SSSR count). The van der Waals surface area contributed by atoms with Crippen LogP contribution in [0.4, 0.5) is 0 Å². The molecular weight excluding hydrogens is 396 g/mol. The second-order valence-electron chi connectivity index (χ2n) is 7.11. The summed E-state index contributed by atoms with van der Waals surface area (Å²) >= 11 is 3.44. The van der Waals surface area contributed by atoms with Gasteiger partial charge in [-0.15, -0.1) is 0 Å². The first kappa shape index (κ1) is 19.4. The number of nitrogens with zero attached hydrogens (tertiary/aromatic N) is 1. The summed E-state index contributed by atoms with van der Waals surface area (Å²) in [6.45, 7) is 3.97. The van der Waals surface area contributed by atoms with Gasteiger partial charge in [0, 0.05) is 23.6 Å². The Morgan fingerprint density at radius 3 is 2.77 bits per heavy atom. The van der Waals surface area contributed by atoms with E-state index in [1.165, 1.54) is 26.4 Å². The molecule has 0 atom stereocenters. The summed E-state index contributed by atoms with van der Waals surface area (Å²) in [6.07, 6.45) is 6.97. The van der Waals surface area contributed by atoms with Gasteiger partial charge in [-0.05, 0) is 66.1 Å². The number of nitrogens with one attached hydrogen (secondary N) is 1. The molecule has 26 heavy (non-hydrogen) atoms. The van der Waals surface area contributed by atoms with Crippen LogP contribution in [-0.2, 0) is 9.47 Å². The Labute approximate surface area is 163 Å². The molecule has 0 spiro atoms. The van der Waals surface area contributed by atoms with Crippen molar-refractivity contribution in [2.45, 2.75) is 51.4 Å². The van der Waals surface area contributed by atoms with E-state index < -0.39 is 0 Å². The van der Waals surface area contributed by atoms with Crippen molar-refractivity contribution in [3.8, 4) is 0 Å². The highest BCUT2D eigenvalue weighted by Gasteiger charge is 2.25. The number of ether oxygens (including phenoxy) is 2. The number of fused-ring (bicyclic) bond motifs is 1. The number of imidazole rings is 1. The van der Waals surface area contributed by atoms with Gasteiger partial charge in [0.1, 0.15) is 5.82 Å². The summed E-state index contributed by atoms with van der Waals surface area (Å²) in [5.74, 6) is 1.80. The number of methoxy groups -OCH3 is 1. The van der Waals surface area contributed by atoms with Gasteiger partial charge in [-0.1, -0.05) is 13.3 Å². The molecule has 0 bridgehead atoms. The number of aromatic amines is 1. The summed E-state index contributed by atoms with van der Waals surface area (Å²) < 4.78 is 11.3. The summed E-state index contributed by atoms with van der Waals surface area (Å²) in [6, 6.07) is 3.70. The first-order chi connectivity index (χ1) is 12.6. The third-order valence-corrected chi connectivity index (χ3v) is 5.88. The van der Waals surface area contributed by atoms with Gasteiger partial charge in [0.05, 0.1) is 23.7 Å². The number of aromatic nitrogens is 2. The Morgan fingerprint density at radius 1 is 1.31 bits per heavy atom. The van der Waals surface area contributed by atoms with Gasteiger partial charge in [-0.25, -0.2) is 9.78 Å². The number of H-pyrrole nitrogens is 1. The van der Waals surface area contributed by atoms with E-state index in [1.807, 2.05) is 6.07 Å². The van der Waals surface area contributed by atoms with Crippen LogP contribution in [0.15, 0.2) is 16.6 Å². The molecule has 6 heteroatoms. The Bertz CT molecular complexity index is 751. The number of carbonyl (C=O) groups excluding carboxylic acids is 1. The lowest BCUT2D eigenvalue weighted by atomic mass is 9.82. The van der Waals surface area contributed by atoms with Gasteiger partial charge in [-0.2, -0.15) is 0 Å². The average Bonchev–Trinajstić information content (AvgIpc) is 3.07. The van der Waals surface area contributed by atoms with Gasteiger partial charge in [0.2, 0.25) is 0 Å². The predicted octanol–water partition coefficient (Wildman–Crippen LogP) is 5.20. The fourth-order valence-electron chi connectivity index (χ4n) is 3.61. The van der Waals surface area contributed by atoms with Gasteiger partial charge in [-0.3, -0.25) is 0 Å². The fourth-order valence-corrected chi connectivity index (χ4v) is 4.11. The maximum Gasteiger partial charge on any atom is 0.339 e. The van der Waals surface area contributed by atoms with Crippen molar-refractivity contribution in [3.05, 3.63) is 28.0 Å². The lowest BCUT2D eigenvalue weighted by Crippen LogP contribution is -2.18. The molecule has 1 aliphatic rings. The van der Waals surface area contributed by atoms with Crippen LogP contribution in [0.2, 0.25) is 0 Å². The van der Waals surface area contributed by atoms with Crippen molar-refractivity contribution in [1.29, 1.82) is 0 Å². The predicted molar refractivity (Wildman–Crippen MR) is 106 cm³/mol. The number of carbonyl (C=O) groups is 1. The molecule has 0 unspecified atom stereocenters. The highest BCUT2D eigenvalue weighted by Crippen LogP contribution is 2.36. The minimum Gasteiger partial charge on any atom is -0.465 e. The van der Waals surface area contributed by atoms with Crippen LogP contribution in [-0.4, -0.2) is 36.3 Å². The van der Waals surface area contributed by atoms with Crippen molar-refractivity contribution >= 4 is 32.9 Å². The van der Waals surface area contributed by atoms with Crippen LogP contribution in [0.5, 0.6) is 0 Å². The third-order valence-electron chi connectivity index (χ3n) is 5.22. The second kappa shape index (κ2) is 9.00. The van der Waals surface area contributed by atoms with E-state index in [-0.39, 0.29) is 5.97 Å². The van der Waals surface area contributed by atoms with E-state index in [0.29, 0.717) is 17.4 Å². The van der Waals surface area contributed by atoms with Gasteiger partial charge in [0.25, 0.3) is 0 Å². The van der Waals surface area contributed by atoms with E-state index >= 15 is 0 Å². The maximum atomic E-state index is 11.8. The minimum absolute atomic E-state index is 0.355. The number of halogens is 1. The van der Waals surface area contributed by atoms with Crippen LogP contribution in [0, 0.1) is 5.92 Å². The van der Waals surface area contributed by atoms with E-state index in [9.17, 15) is 4.79 Å². The Morgan fingerprint density at radius 2 is 2.08 bits per heavy atom. The lowest BCUT2D eigenvalue weighted by Gasteiger charge is -2.27. The molecule has 0 amide bonds. The van der Waals surface area contributed by atoms with Gasteiger partial charge in [0.15, 0.2) is 0 Å². The van der Waals surface area contributed by atoms with E-state index in [0.717, 1.165) is 53.8 Å². The summed E-state index contributed by atoms with van der Waals surface area (Å²) in [4.78, 5) is 20.0. The zero-order chi connectivity index (χ0) is 18.5. The Balaban J connectivity index is 1.63. The quantitative estimate of drug-likeness (QED) is 0.491. The lowest BCUT2D eigenvalue weighted by molar-refractivity contribution is 0.0600. The number of hydrogen-bond acceptors (Lipinski definition) is 4. The highest BCUT2D eigenvalue weighted by molar-refractivity contribution is 9.10. The smallest absolute Gasteiger partial charge is 0.339 e. The SMILES string of the molecule is CCCCOCC1CCC(c2nc3cc(C(=O)OC)c(Br)cc3[nH]2)CC1. The van der Waals surface area contributed by atoms with Crippen LogP contribution < -0.4 is 0 Å². The first-order valence-corrected chi connectivity index (χ1v) is 10.3. The number of benzene rings is 1. The average molecular weight is 423 g/mol. The van der Waals surface area contributed by atoms with Crippen LogP contribution in [0.3, 0.4) is 0 Å². The third kappa shape index (κ3) is 4.46. The summed E-state index contributed by atoms with van der Waals surface area (Å²) in [7, 11) is 1.39. The summed E-state index contributed by atoms with van der Waals surface area (Å²) in [5.41, 5.74) is 2.27. The Hall–Kier alpha value is -1.40. The molecule has 1 fully saturated rings. The molecule has 1 saturated carbocycles. The first-order valence-electron chi connectivity index (χ1n) is 9.47. The fraction of sp³-hybridized carbons (Fsp3) is 0.600. The van der Waals surface area contributed by atoms with Gasteiger partial charge >= 0.3 is 5.97 Å². The van der Waals surface area contributed by atoms with E-state index in [1.54, 1.807) is 6.07 Å². The molecule has 142 valence electrons. The molecular formula is C20H27BrN2O3. The van der Waals surface area contributed by atoms with Crippen molar-refractivity contribution in [2.24, 2.45) is 5.92 Å². The van der Waals surface area contributed by atoms with Crippen molar-refractivity contribution in [2.75, 3.05) is 20.3 Å². The molecule has 1 aliphatic carbocycles. The highest BCUT2D eigenvalue weighted by atomic mass is 79.9. The van der Waals surface area contributed by atoms with Crippen molar-refractivity contribution in [3.63, 3.8) is 0 Å². The topological polar surface area (TPSA) is 64.2 Å². The van der Waals surface area contributed by atoms with Crippen molar-refractivity contribution in [1.82, 2.24) is 9.97 Å². The van der Waals surface area contributed by atoms with Crippen LogP contribution in [0.1, 0.15) is 67.5 Å². The zero-order valence-corrected chi connectivity index (χ0v) is 17.1.